The summed E-state index contributed by atoms with van der Waals surface area (Å²) in [6, 6.07) is 0.278. The van der Waals surface area contributed by atoms with E-state index < -0.39 is 0 Å². The van der Waals surface area contributed by atoms with E-state index in [0.29, 0.717) is 10.8 Å². The number of nitro groups is 1. The Kier molecular flexibility index (Phi) is 4.38. The van der Waals surface area contributed by atoms with Crippen LogP contribution in [0.1, 0.15) is 19.3 Å². The second-order valence-corrected chi connectivity index (χ2v) is 7.20. The molecule has 4 rings (SSSR count). The first kappa shape index (κ1) is 15.8. The Morgan fingerprint density at radius 3 is 2.96 bits per heavy atom. The third-order valence-electron chi connectivity index (χ3n) is 4.86. The van der Waals surface area contributed by atoms with Gasteiger partial charge in [0.15, 0.2) is 0 Å². The average molecular weight is 351 g/mol. The summed E-state index contributed by atoms with van der Waals surface area (Å²) in [4.78, 5) is 21.2. The number of aromatic nitrogens is 2. The second-order valence-electron chi connectivity index (χ2n) is 6.33. The van der Waals surface area contributed by atoms with E-state index in [2.05, 4.69) is 14.8 Å². The fourth-order valence-electron chi connectivity index (χ4n) is 3.68. The molecule has 0 bridgehead atoms. The van der Waals surface area contributed by atoms with Crippen molar-refractivity contribution >= 4 is 27.9 Å². The molecule has 130 valence electrons. The van der Waals surface area contributed by atoms with Crippen molar-refractivity contribution in [3.63, 3.8) is 0 Å². The Morgan fingerprint density at radius 2 is 2.17 bits per heavy atom. The van der Waals surface area contributed by atoms with Crippen LogP contribution >= 0.6 is 11.3 Å². The molecule has 1 atom stereocenters. The van der Waals surface area contributed by atoms with Crippen molar-refractivity contribution in [2.75, 3.05) is 44.3 Å². The molecule has 1 unspecified atom stereocenters. The van der Waals surface area contributed by atoms with Gasteiger partial charge in [-0.3, -0.25) is 4.90 Å². The number of thiazole rings is 1. The van der Waals surface area contributed by atoms with E-state index in [4.69, 9.17) is 4.74 Å². The van der Waals surface area contributed by atoms with Gasteiger partial charge in [0, 0.05) is 37.6 Å². The number of rotatable bonds is 4. The van der Waals surface area contributed by atoms with Crippen LogP contribution in [0.5, 0.6) is 0 Å². The standard InChI is InChI=1S/C15H21N5O3S/c21-20(22)14-13(16-15-19(14)7-10-24-15)18-4-2-1-3-12(18)11-17-5-8-23-9-6-17/h7,10,12H,1-6,8-9,11H2. The summed E-state index contributed by atoms with van der Waals surface area (Å²) in [5, 5.41) is 13.5. The summed E-state index contributed by atoms with van der Waals surface area (Å²) in [6.45, 7) is 5.17. The van der Waals surface area contributed by atoms with E-state index in [9.17, 15) is 10.1 Å². The number of imidazole rings is 1. The molecule has 9 heteroatoms. The minimum absolute atomic E-state index is 0.0973. The van der Waals surface area contributed by atoms with E-state index in [0.717, 1.165) is 52.2 Å². The molecule has 0 saturated carbocycles. The van der Waals surface area contributed by atoms with Crippen molar-refractivity contribution in [2.24, 2.45) is 0 Å². The number of morpholine rings is 1. The first-order chi connectivity index (χ1) is 11.7. The summed E-state index contributed by atoms with van der Waals surface area (Å²) in [5.74, 6) is 0.630. The largest absolute Gasteiger partial charge is 0.379 e. The molecule has 0 spiro atoms. The van der Waals surface area contributed by atoms with Gasteiger partial charge in [-0.2, -0.15) is 9.38 Å². The highest BCUT2D eigenvalue weighted by atomic mass is 32.1. The van der Waals surface area contributed by atoms with Crippen LogP contribution in [0.15, 0.2) is 11.6 Å². The number of anilines is 1. The smallest absolute Gasteiger partial charge is 0.373 e. The topological polar surface area (TPSA) is 76.2 Å². The van der Waals surface area contributed by atoms with Gasteiger partial charge in [-0.15, -0.1) is 0 Å². The highest BCUT2D eigenvalue weighted by Gasteiger charge is 2.34. The Labute approximate surface area is 143 Å². The third kappa shape index (κ3) is 2.87. The number of hydrogen-bond acceptors (Lipinski definition) is 7. The summed E-state index contributed by atoms with van der Waals surface area (Å²) < 4.78 is 7.02. The van der Waals surface area contributed by atoms with E-state index in [-0.39, 0.29) is 16.8 Å². The summed E-state index contributed by atoms with van der Waals surface area (Å²) in [5.41, 5.74) is 0. The van der Waals surface area contributed by atoms with Gasteiger partial charge in [0.1, 0.15) is 6.20 Å². The first-order valence-corrected chi connectivity index (χ1v) is 9.28. The SMILES string of the molecule is O=[N+]([O-])c1c(N2CCCCC2CN2CCOCC2)nc2sccn12. The van der Waals surface area contributed by atoms with Crippen molar-refractivity contribution in [3.05, 3.63) is 21.7 Å². The van der Waals surface area contributed by atoms with Gasteiger partial charge in [0.05, 0.1) is 13.2 Å². The Bertz CT molecular complexity index is 724. The van der Waals surface area contributed by atoms with Crippen LogP contribution in [-0.2, 0) is 4.74 Å². The van der Waals surface area contributed by atoms with Gasteiger partial charge in [-0.05, 0) is 24.2 Å². The number of piperidine rings is 1. The molecule has 2 fully saturated rings. The van der Waals surface area contributed by atoms with Crippen molar-refractivity contribution in [3.8, 4) is 0 Å². The molecular weight excluding hydrogens is 330 g/mol. The van der Waals surface area contributed by atoms with Crippen LogP contribution in [0.2, 0.25) is 0 Å². The Morgan fingerprint density at radius 1 is 1.33 bits per heavy atom. The van der Waals surface area contributed by atoms with Gasteiger partial charge < -0.3 is 19.8 Å². The minimum Gasteiger partial charge on any atom is -0.379 e. The summed E-state index contributed by atoms with van der Waals surface area (Å²) in [6.07, 6.45) is 5.01. The molecule has 0 radical (unpaired) electrons. The second kappa shape index (κ2) is 6.66. The van der Waals surface area contributed by atoms with Crippen LogP contribution in [0.4, 0.5) is 11.6 Å². The van der Waals surface area contributed by atoms with Gasteiger partial charge in [-0.1, -0.05) is 11.3 Å². The van der Waals surface area contributed by atoms with Gasteiger partial charge in [-0.25, -0.2) is 0 Å². The van der Waals surface area contributed by atoms with Crippen LogP contribution < -0.4 is 4.90 Å². The zero-order chi connectivity index (χ0) is 16.5. The number of ether oxygens (including phenoxy) is 1. The van der Waals surface area contributed by atoms with Crippen molar-refractivity contribution < 1.29 is 9.66 Å². The third-order valence-corrected chi connectivity index (χ3v) is 5.62. The van der Waals surface area contributed by atoms with Crippen LogP contribution in [-0.4, -0.2) is 64.6 Å². The average Bonchev–Trinajstić information content (AvgIpc) is 3.16. The van der Waals surface area contributed by atoms with Gasteiger partial charge >= 0.3 is 5.82 Å². The lowest BCUT2D eigenvalue weighted by molar-refractivity contribution is -0.389. The number of nitrogens with zero attached hydrogens (tertiary/aromatic N) is 5. The molecule has 2 aromatic rings. The maximum atomic E-state index is 11.6. The molecule has 24 heavy (non-hydrogen) atoms. The molecule has 0 aliphatic carbocycles. The van der Waals surface area contributed by atoms with Crippen molar-refractivity contribution in [2.45, 2.75) is 25.3 Å². The quantitative estimate of drug-likeness (QED) is 0.619. The summed E-state index contributed by atoms with van der Waals surface area (Å²) >= 11 is 1.43. The van der Waals surface area contributed by atoms with Crippen LogP contribution in [0.25, 0.3) is 4.96 Å². The lowest BCUT2D eigenvalue weighted by Gasteiger charge is -2.39. The predicted molar refractivity (Wildman–Crippen MR) is 92.0 cm³/mol. The van der Waals surface area contributed by atoms with E-state index >= 15 is 0 Å². The lowest BCUT2D eigenvalue weighted by atomic mass is 10.0. The lowest BCUT2D eigenvalue weighted by Crippen LogP contribution is -2.49. The van der Waals surface area contributed by atoms with E-state index in [1.807, 2.05) is 5.38 Å². The Hall–Kier alpha value is -1.71. The van der Waals surface area contributed by atoms with E-state index in [1.165, 1.54) is 17.8 Å². The maximum Gasteiger partial charge on any atom is 0.373 e. The maximum absolute atomic E-state index is 11.6. The number of hydrogen-bond donors (Lipinski definition) is 0. The monoisotopic (exact) mass is 351 g/mol. The minimum atomic E-state index is -0.303. The molecule has 0 N–H and O–H groups in total. The van der Waals surface area contributed by atoms with Crippen molar-refractivity contribution in [1.82, 2.24) is 14.3 Å². The first-order valence-electron chi connectivity index (χ1n) is 8.41. The molecule has 2 saturated heterocycles. The molecule has 2 aromatic heterocycles. The zero-order valence-corrected chi connectivity index (χ0v) is 14.3. The van der Waals surface area contributed by atoms with Crippen LogP contribution in [0, 0.1) is 10.1 Å². The molecule has 0 amide bonds. The van der Waals surface area contributed by atoms with Gasteiger partial charge in [0.2, 0.25) is 5.82 Å². The highest BCUT2D eigenvalue weighted by molar-refractivity contribution is 7.15. The van der Waals surface area contributed by atoms with E-state index in [1.54, 1.807) is 10.6 Å². The molecule has 2 aliphatic heterocycles. The molecular formula is C15H21N5O3S. The zero-order valence-electron chi connectivity index (χ0n) is 13.5. The van der Waals surface area contributed by atoms with Crippen LogP contribution in [0.3, 0.4) is 0 Å². The molecule has 4 heterocycles. The fourth-order valence-corrected chi connectivity index (χ4v) is 4.38. The Balaban J connectivity index is 1.63. The van der Waals surface area contributed by atoms with Crippen molar-refractivity contribution in [1.29, 1.82) is 0 Å². The van der Waals surface area contributed by atoms with Gasteiger partial charge in [0.25, 0.3) is 4.96 Å². The molecule has 8 nitrogen and oxygen atoms in total. The predicted octanol–water partition coefficient (Wildman–Crippen LogP) is 2.00. The fraction of sp³-hybridized carbons (Fsp3) is 0.667. The molecule has 0 aromatic carbocycles. The highest BCUT2D eigenvalue weighted by Crippen LogP contribution is 2.34. The number of fused-ring (bicyclic) bond motifs is 1. The summed E-state index contributed by atoms with van der Waals surface area (Å²) in [7, 11) is 0. The normalized spacial score (nSPS) is 23.0. The molecule has 2 aliphatic rings.